The van der Waals surface area contributed by atoms with Gasteiger partial charge in [0.05, 0.1) is 5.37 Å². The molecule has 1 heterocycles. The van der Waals surface area contributed by atoms with Crippen molar-refractivity contribution in [3.63, 3.8) is 0 Å². The van der Waals surface area contributed by atoms with Gasteiger partial charge in [-0.15, -0.1) is 11.8 Å². The molecule has 1 nitrogen and oxygen atoms in total. The Balaban J connectivity index is 2.14. The van der Waals surface area contributed by atoms with Gasteiger partial charge in [0.15, 0.2) is 0 Å². The Morgan fingerprint density at radius 3 is 3.00 bits per heavy atom. The van der Waals surface area contributed by atoms with E-state index in [0.717, 1.165) is 5.33 Å². The van der Waals surface area contributed by atoms with Crippen LogP contribution in [0.2, 0.25) is 0 Å². The van der Waals surface area contributed by atoms with Crippen LogP contribution in [0, 0.1) is 0 Å². The van der Waals surface area contributed by atoms with Gasteiger partial charge >= 0.3 is 0 Å². The summed E-state index contributed by atoms with van der Waals surface area (Å²) >= 11 is 5.38. The molecule has 0 aliphatic carbocycles. The van der Waals surface area contributed by atoms with Crippen LogP contribution in [0.3, 0.4) is 0 Å². The maximum Gasteiger partial charge on any atom is 0.0631 e. The zero-order valence-corrected chi connectivity index (χ0v) is 6.39. The fourth-order valence-corrected chi connectivity index (χ4v) is 2.21. The number of thioether (sulfide) groups is 1. The number of nitrogens with one attached hydrogen (secondary N) is 1. The first-order valence-electron chi connectivity index (χ1n) is 2.34. The lowest BCUT2D eigenvalue weighted by atomic mass is 10.7. The average molecular weight is 182 g/mol. The van der Waals surface area contributed by atoms with Crippen LogP contribution in [0.1, 0.15) is 0 Å². The van der Waals surface area contributed by atoms with Gasteiger partial charge < -0.3 is 5.32 Å². The minimum absolute atomic E-state index is 0.681. The summed E-state index contributed by atoms with van der Waals surface area (Å²) < 4.78 is 0. The summed E-state index contributed by atoms with van der Waals surface area (Å²) in [6.45, 7) is 1.18. The smallest absolute Gasteiger partial charge is 0.0631 e. The Bertz CT molecular complexity index is 53.7. The highest BCUT2D eigenvalue weighted by atomic mass is 79.9. The summed E-state index contributed by atoms with van der Waals surface area (Å²) in [5.74, 6) is 1.27. The third kappa shape index (κ3) is 1.63. The van der Waals surface area contributed by atoms with Crippen LogP contribution in [-0.2, 0) is 0 Å². The molecular weight excluding hydrogens is 174 g/mol. The summed E-state index contributed by atoms with van der Waals surface area (Å²) in [5.41, 5.74) is 0. The van der Waals surface area contributed by atoms with E-state index in [2.05, 4.69) is 21.2 Å². The second kappa shape index (κ2) is 2.95. The molecule has 0 saturated carbocycles. The molecule has 1 fully saturated rings. The molecule has 3 heteroatoms. The lowest BCUT2D eigenvalue weighted by Gasteiger charge is -2.00. The highest BCUT2D eigenvalue weighted by Crippen LogP contribution is 2.14. The predicted octanol–water partition coefficient (Wildman–Crippen LogP) is 1.04. The third-order valence-corrected chi connectivity index (χ3v) is 3.18. The van der Waals surface area contributed by atoms with Gasteiger partial charge in [0.1, 0.15) is 0 Å². The lowest BCUT2D eigenvalue weighted by molar-refractivity contribution is 0.771. The van der Waals surface area contributed by atoms with Crippen LogP contribution in [-0.4, -0.2) is 23.0 Å². The van der Waals surface area contributed by atoms with Crippen LogP contribution in [0.15, 0.2) is 0 Å². The van der Waals surface area contributed by atoms with E-state index in [1.54, 1.807) is 0 Å². The SMILES string of the molecule is BrCC1NCCS1. The van der Waals surface area contributed by atoms with Gasteiger partial charge in [0.25, 0.3) is 0 Å². The molecule has 0 radical (unpaired) electrons. The van der Waals surface area contributed by atoms with Crippen LogP contribution < -0.4 is 5.32 Å². The third-order valence-electron chi connectivity index (χ3n) is 0.933. The molecule has 1 atom stereocenters. The molecule has 42 valence electrons. The summed E-state index contributed by atoms with van der Waals surface area (Å²) in [7, 11) is 0. The Hall–Kier alpha value is 0.790. The van der Waals surface area contributed by atoms with E-state index < -0.39 is 0 Å². The van der Waals surface area contributed by atoms with E-state index in [4.69, 9.17) is 0 Å². The van der Waals surface area contributed by atoms with E-state index in [1.165, 1.54) is 12.3 Å². The quantitative estimate of drug-likeness (QED) is 0.608. The van der Waals surface area contributed by atoms with Crippen molar-refractivity contribution in [1.29, 1.82) is 0 Å². The highest BCUT2D eigenvalue weighted by Gasteiger charge is 2.11. The number of alkyl halides is 1. The van der Waals surface area contributed by atoms with Crippen LogP contribution in [0.4, 0.5) is 0 Å². The second-order valence-corrected chi connectivity index (χ2v) is 3.43. The molecule has 7 heavy (non-hydrogen) atoms. The topological polar surface area (TPSA) is 12.0 Å². The summed E-state index contributed by atoms with van der Waals surface area (Å²) in [6.07, 6.45) is 0. The highest BCUT2D eigenvalue weighted by molar-refractivity contribution is 9.09. The standard InChI is InChI=1S/C4H8BrNS/c5-3-4-6-1-2-7-4/h4,6H,1-3H2. The van der Waals surface area contributed by atoms with Crippen LogP contribution >= 0.6 is 27.7 Å². The minimum Gasteiger partial charge on any atom is -0.304 e. The molecule has 1 rings (SSSR count). The second-order valence-electron chi connectivity index (χ2n) is 1.47. The number of hydrogen-bond donors (Lipinski definition) is 1. The fourth-order valence-electron chi connectivity index (χ4n) is 0.579. The molecule has 1 aliphatic heterocycles. The predicted molar refractivity (Wildman–Crippen MR) is 38.0 cm³/mol. The van der Waals surface area contributed by atoms with Gasteiger partial charge in [-0.05, 0) is 0 Å². The van der Waals surface area contributed by atoms with Crippen molar-refractivity contribution in [2.24, 2.45) is 0 Å². The lowest BCUT2D eigenvalue weighted by Crippen LogP contribution is -2.20. The number of hydrogen-bond acceptors (Lipinski definition) is 2. The molecule has 0 aromatic carbocycles. The summed E-state index contributed by atoms with van der Waals surface area (Å²) in [5, 5.41) is 5.08. The summed E-state index contributed by atoms with van der Waals surface area (Å²) in [4.78, 5) is 0. The minimum atomic E-state index is 0.681. The average Bonchev–Trinajstić information content (AvgIpc) is 2.14. The molecule has 1 saturated heterocycles. The molecule has 1 unspecified atom stereocenters. The van der Waals surface area contributed by atoms with Gasteiger partial charge in [0.2, 0.25) is 0 Å². The number of rotatable bonds is 1. The number of halogens is 1. The van der Waals surface area contributed by atoms with Gasteiger partial charge in [0, 0.05) is 17.6 Å². The van der Waals surface area contributed by atoms with Crippen molar-refractivity contribution >= 4 is 27.7 Å². The Morgan fingerprint density at radius 2 is 2.71 bits per heavy atom. The van der Waals surface area contributed by atoms with E-state index in [0.29, 0.717) is 5.37 Å². The first kappa shape index (κ1) is 5.92. The van der Waals surface area contributed by atoms with E-state index in [-0.39, 0.29) is 0 Å². The molecule has 0 amide bonds. The van der Waals surface area contributed by atoms with E-state index >= 15 is 0 Å². The van der Waals surface area contributed by atoms with Gasteiger partial charge in [-0.25, -0.2) is 0 Å². The molecule has 0 spiro atoms. The maximum atomic E-state index is 3.39. The summed E-state index contributed by atoms with van der Waals surface area (Å²) in [6, 6.07) is 0. The van der Waals surface area contributed by atoms with Crippen LogP contribution in [0.25, 0.3) is 0 Å². The molecule has 0 bridgehead atoms. The van der Waals surface area contributed by atoms with Gasteiger partial charge in [-0.1, -0.05) is 15.9 Å². The first-order valence-corrected chi connectivity index (χ1v) is 4.51. The Kier molecular flexibility index (Phi) is 2.49. The van der Waals surface area contributed by atoms with E-state index in [1.807, 2.05) is 11.8 Å². The molecular formula is C4H8BrNS. The van der Waals surface area contributed by atoms with E-state index in [9.17, 15) is 0 Å². The molecule has 0 aromatic rings. The van der Waals surface area contributed by atoms with Crippen molar-refractivity contribution < 1.29 is 0 Å². The van der Waals surface area contributed by atoms with Crippen molar-refractivity contribution in [3.05, 3.63) is 0 Å². The largest absolute Gasteiger partial charge is 0.304 e. The first-order chi connectivity index (χ1) is 3.43. The van der Waals surface area contributed by atoms with Crippen molar-refractivity contribution in [2.45, 2.75) is 5.37 Å². The van der Waals surface area contributed by atoms with Crippen molar-refractivity contribution in [1.82, 2.24) is 5.32 Å². The molecule has 1 aliphatic rings. The zero-order valence-electron chi connectivity index (χ0n) is 3.98. The van der Waals surface area contributed by atoms with Crippen molar-refractivity contribution in [3.8, 4) is 0 Å². The van der Waals surface area contributed by atoms with Crippen LogP contribution in [0.5, 0.6) is 0 Å². The normalized spacial score (nSPS) is 31.3. The fraction of sp³-hybridized carbons (Fsp3) is 1.00. The van der Waals surface area contributed by atoms with Gasteiger partial charge in [-0.2, -0.15) is 0 Å². The van der Waals surface area contributed by atoms with Gasteiger partial charge in [-0.3, -0.25) is 0 Å². The Labute approximate surface area is 56.4 Å². The molecule has 1 N–H and O–H groups in total. The zero-order chi connectivity index (χ0) is 5.11. The maximum absolute atomic E-state index is 3.39. The van der Waals surface area contributed by atoms with Crippen molar-refractivity contribution in [2.75, 3.05) is 17.6 Å². The molecule has 0 aromatic heterocycles. The monoisotopic (exact) mass is 181 g/mol. The Morgan fingerprint density at radius 1 is 1.86 bits per heavy atom.